The Hall–Kier alpha value is -0.380. The molecule has 0 aromatic heterocycles. The van der Waals surface area contributed by atoms with Crippen LogP contribution in [-0.4, -0.2) is 24.9 Å². The average Bonchev–Trinajstić information content (AvgIpc) is 2.71. The molecule has 1 fully saturated rings. The molecule has 1 aliphatic rings. The van der Waals surface area contributed by atoms with E-state index in [1.807, 2.05) is 12.1 Å². The Morgan fingerprint density at radius 2 is 2.07 bits per heavy atom. The molecule has 2 nitrogen and oxygen atoms in total. The van der Waals surface area contributed by atoms with Crippen molar-refractivity contribution in [2.24, 2.45) is 5.41 Å². The van der Waals surface area contributed by atoms with Crippen molar-refractivity contribution in [3.05, 3.63) is 34.3 Å². The number of aliphatic hydroxyl groups is 1. The van der Waals surface area contributed by atoms with Gasteiger partial charge >= 0.3 is 0 Å². The van der Waals surface area contributed by atoms with Crippen molar-refractivity contribution in [3.8, 4) is 0 Å². The minimum atomic E-state index is -0.0478. The number of aliphatic hydroxyl groups excluding tert-OH is 1. The third-order valence-electron chi connectivity index (χ3n) is 3.01. The lowest BCUT2D eigenvalue weighted by molar-refractivity contribution is 0.0935. The fourth-order valence-electron chi connectivity index (χ4n) is 2.00. The molecule has 1 aromatic carbocycles. The first-order valence-corrected chi connectivity index (χ1v) is 5.96. The zero-order valence-corrected chi connectivity index (χ0v) is 10.2. The molecule has 1 N–H and O–H groups in total. The van der Waals surface area contributed by atoms with Crippen LogP contribution in [-0.2, 0) is 11.2 Å². The Balaban J connectivity index is 2.09. The molecule has 1 aliphatic heterocycles. The maximum Gasteiger partial charge on any atom is 0.0548 e. The van der Waals surface area contributed by atoms with E-state index >= 15 is 0 Å². The normalized spacial score (nSPS) is 25.7. The fourth-order valence-corrected chi connectivity index (χ4v) is 2.27. The largest absolute Gasteiger partial charge is 0.396 e. The topological polar surface area (TPSA) is 29.5 Å². The van der Waals surface area contributed by atoms with Gasteiger partial charge in [0.05, 0.1) is 13.2 Å². The van der Waals surface area contributed by atoms with E-state index in [1.54, 1.807) is 0 Å². The number of benzene rings is 1. The van der Waals surface area contributed by atoms with Gasteiger partial charge in [-0.25, -0.2) is 0 Å². The molecule has 3 heteroatoms. The van der Waals surface area contributed by atoms with E-state index in [1.165, 1.54) is 5.56 Å². The molecule has 0 amide bonds. The maximum atomic E-state index is 9.44. The van der Waals surface area contributed by atoms with E-state index in [-0.39, 0.29) is 12.0 Å². The summed E-state index contributed by atoms with van der Waals surface area (Å²) in [4.78, 5) is 0. The number of rotatable bonds is 3. The van der Waals surface area contributed by atoms with E-state index in [2.05, 4.69) is 28.1 Å². The SMILES string of the molecule is OCC1(Cc2ccc(Br)cc2)CCOC1. The van der Waals surface area contributed by atoms with Crippen molar-refractivity contribution in [2.75, 3.05) is 19.8 Å². The van der Waals surface area contributed by atoms with Crippen LogP contribution in [0.15, 0.2) is 28.7 Å². The standard InChI is InChI=1S/C12H15BrO2/c13-11-3-1-10(2-4-11)7-12(8-14)5-6-15-9-12/h1-4,14H,5-9H2. The Kier molecular flexibility index (Phi) is 3.44. The Morgan fingerprint density at radius 1 is 1.33 bits per heavy atom. The predicted octanol–water partition coefficient (Wildman–Crippen LogP) is 2.39. The molecule has 0 radical (unpaired) electrons. The summed E-state index contributed by atoms with van der Waals surface area (Å²) in [6.07, 6.45) is 1.86. The van der Waals surface area contributed by atoms with Crippen molar-refractivity contribution in [1.29, 1.82) is 0 Å². The highest BCUT2D eigenvalue weighted by molar-refractivity contribution is 9.10. The molecule has 2 rings (SSSR count). The van der Waals surface area contributed by atoms with Gasteiger partial charge in [0.1, 0.15) is 0 Å². The minimum absolute atomic E-state index is 0.0478. The first kappa shape index (κ1) is 11.1. The maximum absolute atomic E-state index is 9.44. The summed E-state index contributed by atoms with van der Waals surface area (Å²) in [5.74, 6) is 0. The summed E-state index contributed by atoms with van der Waals surface area (Å²) in [6.45, 7) is 1.67. The third-order valence-corrected chi connectivity index (χ3v) is 3.54. The zero-order valence-electron chi connectivity index (χ0n) is 8.58. The van der Waals surface area contributed by atoms with Crippen LogP contribution in [0.5, 0.6) is 0 Å². The molecular weight excluding hydrogens is 256 g/mol. The molecule has 1 unspecified atom stereocenters. The third kappa shape index (κ3) is 2.60. The van der Waals surface area contributed by atoms with Gasteiger partial charge in [-0.1, -0.05) is 28.1 Å². The van der Waals surface area contributed by atoms with Crippen molar-refractivity contribution in [2.45, 2.75) is 12.8 Å². The van der Waals surface area contributed by atoms with Gasteiger partial charge in [-0.2, -0.15) is 0 Å². The van der Waals surface area contributed by atoms with E-state index in [4.69, 9.17) is 4.74 Å². The fraction of sp³-hybridized carbons (Fsp3) is 0.500. The first-order chi connectivity index (χ1) is 7.24. The van der Waals surface area contributed by atoms with Crippen LogP contribution < -0.4 is 0 Å². The summed E-state index contributed by atoms with van der Waals surface area (Å²) in [5, 5.41) is 9.44. The summed E-state index contributed by atoms with van der Waals surface area (Å²) in [5.41, 5.74) is 1.21. The predicted molar refractivity (Wildman–Crippen MR) is 62.8 cm³/mol. The lowest BCUT2D eigenvalue weighted by Gasteiger charge is -2.24. The van der Waals surface area contributed by atoms with E-state index in [0.717, 1.165) is 23.9 Å². The molecular formula is C12H15BrO2. The van der Waals surface area contributed by atoms with Gasteiger partial charge in [-0.15, -0.1) is 0 Å². The molecule has 0 aliphatic carbocycles. The quantitative estimate of drug-likeness (QED) is 0.914. The van der Waals surface area contributed by atoms with E-state index < -0.39 is 0 Å². The lowest BCUT2D eigenvalue weighted by Crippen LogP contribution is -2.28. The molecule has 0 bridgehead atoms. The van der Waals surface area contributed by atoms with Gasteiger partial charge in [-0.05, 0) is 30.5 Å². The molecule has 82 valence electrons. The van der Waals surface area contributed by atoms with E-state index in [0.29, 0.717) is 6.61 Å². The van der Waals surface area contributed by atoms with Gasteiger partial charge in [0, 0.05) is 16.5 Å². The Bertz CT molecular complexity index is 315. The van der Waals surface area contributed by atoms with Crippen LogP contribution in [0.3, 0.4) is 0 Å². The van der Waals surface area contributed by atoms with Crippen LogP contribution in [0, 0.1) is 5.41 Å². The highest BCUT2D eigenvalue weighted by Crippen LogP contribution is 2.32. The second-order valence-electron chi connectivity index (χ2n) is 4.26. The monoisotopic (exact) mass is 270 g/mol. The summed E-state index contributed by atoms with van der Waals surface area (Å²) in [7, 11) is 0. The first-order valence-electron chi connectivity index (χ1n) is 5.17. The summed E-state index contributed by atoms with van der Waals surface area (Å²) >= 11 is 3.41. The van der Waals surface area contributed by atoms with Crippen LogP contribution in [0.25, 0.3) is 0 Å². The highest BCUT2D eigenvalue weighted by atomic mass is 79.9. The van der Waals surface area contributed by atoms with Crippen molar-refractivity contribution >= 4 is 15.9 Å². The van der Waals surface area contributed by atoms with Crippen LogP contribution >= 0.6 is 15.9 Å². The average molecular weight is 271 g/mol. The van der Waals surface area contributed by atoms with Gasteiger partial charge in [0.25, 0.3) is 0 Å². The number of ether oxygens (including phenoxy) is 1. The molecule has 1 atom stereocenters. The zero-order chi connectivity index (χ0) is 10.7. The summed E-state index contributed by atoms with van der Waals surface area (Å²) in [6, 6.07) is 8.27. The Labute approximate surface area is 98.4 Å². The Morgan fingerprint density at radius 3 is 2.60 bits per heavy atom. The van der Waals surface area contributed by atoms with Gasteiger partial charge in [0.15, 0.2) is 0 Å². The van der Waals surface area contributed by atoms with Crippen molar-refractivity contribution in [3.63, 3.8) is 0 Å². The second-order valence-corrected chi connectivity index (χ2v) is 5.18. The van der Waals surface area contributed by atoms with Crippen molar-refractivity contribution < 1.29 is 9.84 Å². The number of hydrogen-bond acceptors (Lipinski definition) is 2. The highest BCUT2D eigenvalue weighted by Gasteiger charge is 2.34. The van der Waals surface area contributed by atoms with Crippen molar-refractivity contribution in [1.82, 2.24) is 0 Å². The second kappa shape index (κ2) is 4.64. The van der Waals surface area contributed by atoms with Gasteiger partial charge < -0.3 is 9.84 Å². The van der Waals surface area contributed by atoms with Crippen LogP contribution in [0.2, 0.25) is 0 Å². The molecule has 15 heavy (non-hydrogen) atoms. The number of hydrogen-bond donors (Lipinski definition) is 1. The lowest BCUT2D eigenvalue weighted by atomic mass is 9.82. The van der Waals surface area contributed by atoms with E-state index in [9.17, 15) is 5.11 Å². The molecule has 0 saturated carbocycles. The smallest absolute Gasteiger partial charge is 0.0548 e. The molecule has 0 spiro atoms. The number of halogens is 1. The summed E-state index contributed by atoms with van der Waals surface area (Å²) < 4.78 is 6.47. The van der Waals surface area contributed by atoms with Gasteiger partial charge in [-0.3, -0.25) is 0 Å². The molecule has 1 saturated heterocycles. The van der Waals surface area contributed by atoms with Gasteiger partial charge in [0.2, 0.25) is 0 Å². The minimum Gasteiger partial charge on any atom is -0.396 e. The molecule has 1 heterocycles. The molecule has 1 aromatic rings. The van der Waals surface area contributed by atoms with Crippen LogP contribution in [0.1, 0.15) is 12.0 Å². The van der Waals surface area contributed by atoms with Crippen LogP contribution in [0.4, 0.5) is 0 Å².